The van der Waals surface area contributed by atoms with Crippen molar-refractivity contribution in [3.8, 4) is 11.5 Å². The molecule has 1 aliphatic carbocycles. The number of ether oxygens (including phenoxy) is 1. The van der Waals surface area contributed by atoms with Crippen LogP contribution < -0.4 is 16.0 Å². The van der Waals surface area contributed by atoms with Gasteiger partial charge in [0.2, 0.25) is 0 Å². The highest BCUT2D eigenvalue weighted by Gasteiger charge is 2.25. The molecule has 4 N–H and O–H groups in total. The second-order valence-electron chi connectivity index (χ2n) is 8.33. The molecule has 2 heterocycles. The smallest absolute Gasteiger partial charge is 0.407 e. The van der Waals surface area contributed by atoms with Crippen LogP contribution in [0.4, 0.5) is 10.6 Å². The number of hydrogen-bond donors (Lipinski definition) is 4. The number of carbonyl (C=O) groups is 1. The molecule has 8 heteroatoms. The van der Waals surface area contributed by atoms with Crippen LogP contribution in [0, 0.1) is 0 Å². The summed E-state index contributed by atoms with van der Waals surface area (Å²) in [6, 6.07) is 5.91. The lowest BCUT2D eigenvalue weighted by Gasteiger charge is -2.19. The Bertz CT molecular complexity index is 794. The molecule has 29 heavy (non-hydrogen) atoms. The third-order valence-electron chi connectivity index (χ3n) is 4.41. The summed E-state index contributed by atoms with van der Waals surface area (Å²) in [5.41, 5.74) is 1.60. The molecule has 1 saturated carbocycles. The molecular formula is C21H32N6O2. The maximum Gasteiger partial charge on any atom is 0.407 e. The van der Waals surface area contributed by atoms with Gasteiger partial charge in [0, 0.05) is 37.4 Å². The van der Waals surface area contributed by atoms with Gasteiger partial charge < -0.3 is 25.7 Å². The number of alkyl carbamates (subject to hydrolysis) is 1. The quantitative estimate of drug-likeness (QED) is 0.456. The van der Waals surface area contributed by atoms with E-state index in [9.17, 15) is 4.79 Å². The molecule has 0 saturated heterocycles. The van der Waals surface area contributed by atoms with Crippen LogP contribution in [0.25, 0.3) is 11.5 Å². The lowest BCUT2D eigenvalue weighted by Crippen LogP contribution is -2.34. The molecule has 0 aromatic carbocycles. The maximum absolute atomic E-state index is 11.5. The summed E-state index contributed by atoms with van der Waals surface area (Å²) in [6.07, 6.45) is 4.90. The molecule has 0 aliphatic heterocycles. The number of rotatable bonds is 10. The number of pyridine rings is 1. The van der Waals surface area contributed by atoms with E-state index in [2.05, 4.69) is 30.9 Å². The van der Waals surface area contributed by atoms with Crippen molar-refractivity contribution < 1.29 is 9.53 Å². The molecule has 3 rings (SSSR count). The molecule has 1 aliphatic rings. The molecule has 8 nitrogen and oxygen atoms in total. The minimum absolute atomic E-state index is 0.370. The number of carbonyl (C=O) groups excluding carboxylic acids is 1. The first-order chi connectivity index (χ1) is 13.9. The summed E-state index contributed by atoms with van der Waals surface area (Å²) < 4.78 is 5.20. The number of anilines is 1. The number of nitrogens with one attached hydrogen (secondary N) is 4. The van der Waals surface area contributed by atoms with Gasteiger partial charge in [-0.2, -0.15) is 0 Å². The van der Waals surface area contributed by atoms with Gasteiger partial charge in [0.15, 0.2) is 5.82 Å². The van der Waals surface area contributed by atoms with Crippen molar-refractivity contribution >= 4 is 11.9 Å². The van der Waals surface area contributed by atoms with Crippen LogP contribution in [0.2, 0.25) is 0 Å². The number of aromatic amines is 1. The largest absolute Gasteiger partial charge is 0.444 e. The molecule has 0 atom stereocenters. The lowest BCUT2D eigenvalue weighted by molar-refractivity contribution is 0.0527. The first-order valence-electron chi connectivity index (χ1n) is 10.3. The normalized spacial score (nSPS) is 13.9. The average molecular weight is 401 g/mol. The van der Waals surface area contributed by atoms with Gasteiger partial charge in [-0.25, -0.2) is 14.8 Å². The minimum atomic E-state index is -0.463. The number of H-pyrrole nitrogens is 1. The van der Waals surface area contributed by atoms with E-state index in [1.165, 1.54) is 18.5 Å². The van der Waals surface area contributed by atoms with Crippen molar-refractivity contribution in [2.75, 3.05) is 31.5 Å². The van der Waals surface area contributed by atoms with Gasteiger partial charge in [-0.1, -0.05) is 6.07 Å². The van der Waals surface area contributed by atoms with Crippen LogP contribution in [0.3, 0.4) is 0 Å². The first kappa shape index (κ1) is 21.1. The third-order valence-corrected chi connectivity index (χ3v) is 4.41. The van der Waals surface area contributed by atoms with E-state index in [0.29, 0.717) is 12.5 Å². The van der Waals surface area contributed by atoms with Gasteiger partial charge in [0.05, 0.1) is 0 Å². The minimum Gasteiger partial charge on any atom is -0.444 e. The Balaban J connectivity index is 1.29. The van der Waals surface area contributed by atoms with E-state index in [1.54, 1.807) is 0 Å². The second-order valence-corrected chi connectivity index (χ2v) is 8.33. The van der Waals surface area contributed by atoms with Crippen LogP contribution in [-0.4, -0.2) is 52.8 Å². The van der Waals surface area contributed by atoms with E-state index < -0.39 is 5.60 Å². The standard InChI is InChI=1S/C21H32N6O2/c1-21(2,3)29-20(28)24-11-5-10-22-12-13-23-18-7-4-6-16(26-18)19-25-14-17(27-19)15-8-9-15/h4,6-7,14-15,22H,5,8-13H2,1-3H3,(H,23,26)(H,24,28)(H,25,27). The molecule has 1 amide bonds. The second kappa shape index (κ2) is 9.73. The van der Waals surface area contributed by atoms with Gasteiger partial charge in [0.25, 0.3) is 0 Å². The molecule has 158 valence electrons. The third kappa shape index (κ3) is 7.38. The van der Waals surface area contributed by atoms with Crippen LogP contribution >= 0.6 is 0 Å². The maximum atomic E-state index is 11.5. The fourth-order valence-corrected chi connectivity index (χ4v) is 2.85. The summed E-state index contributed by atoms with van der Waals surface area (Å²) in [7, 11) is 0. The number of hydrogen-bond acceptors (Lipinski definition) is 6. The number of amides is 1. The Morgan fingerprint density at radius 3 is 2.79 bits per heavy atom. The number of imidazole rings is 1. The molecule has 0 unspecified atom stereocenters. The van der Waals surface area contributed by atoms with E-state index in [4.69, 9.17) is 4.74 Å². The monoisotopic (exact) mass is 400 g/mol. The highest BCUT2D eigenvalue weighted by atomic mass is 16.6. The van der Waals surface area contributed by atoms with E-state index in [1.807, 2.05) is 45.2 Å². The van der Waals surface area contributed by atoms with Crippen LogP contribution in [0.5, 0.6) is 0 Å². The van der Waals surface area contributed by atoms with Gasteiger partial charge in [-0.3, -0.25) is 0 Å². The Labute approximate surface area is 172 Å². The van der Waals surface area contributed by atoms with Crippen molar-refractivity contribution in [2.45, 2.75) is 51.6 Å². The van der Waals surface area contributed by atoms with Crippen molar-refractivity contribution in [1.29, 1.82) is 0 Å². The molecule has 0 bridgehead atoms. The number of nitrogens with zero attached hydrogens (tertiary/aromatic N) is 2. The van der Waals surface area contributed by atoms with Gasteiger partial charge in [-0.15, -0.1) is 0 Å². The Hall–Kier alpha value is -2.61. The first-order valence-corrected chi connectivity index (χ1v) is 10.3. The van der Waals surface area contributed by atoms with Gasteiger partial charge >= 0.3 is 6.09 Å². The summed E-state index contributed by atoms with van der Waals surface area (Å²) >= 11 is 0. The van der Waals surface area contributed by atoms with Crippen molar-refractivity contribution in [1.82, 2.24) is 25.6 Å². The molecule has 0 radical (unpaired) electrons. The summed E-state index contributed by atoms with van der Waals surface area (Å²) in [5, 5.41) is 9.43. The van der Waals surface area contributed by atoms with Gasteiger partial charge in [-0.05, 0) is 58.7 Å². The van der Waals surface area contributed by atoms with Crippen LogP contribution in [0.15, 0.2) is 24.4 Å². The summed E-state index contributed by atoms with van der Waals surface area (Å²) in [6.45, 7) is 8.54. The van der Waals surface area contributed by atoms with E-state index >= 15 is 0 Å². The Morgan fingerprint density at radius 2 is 2.03 bits per heavy atom. The fraction of sp³-hybridized carbons (Fsp3) is 0.571. The highest BCUT2D eigenvalue weighted by molar-refractivity contribution is 5.67. The summed E-state index contributed by atoms with van der Waals surface area (Å²) in [4.78, 5) is 24.0. The molecule has 0 spiro atoms. The molecular weight excluding hydrogens is 368 g/mol. The van der Waals surface area contributed by atoms with E-state index in [0.717, 1.165) is 43.4 Å². The van der Waals surface area contributed by atoms with Crippen molar-refractivity contribution in [2.24, 2.45) is 0 Å². The summed E-state index contributed by atoms with van der Waals surface area (Å²) in [5.74, 6) is 2.31. The molecule has 1 fully saturated rings. The Kier molecular flexibility index (Phi) is 7.09. The molecule has 2 aromatic heterocycles. The average Bonchev–Trinajstić information content (AvgIpc) is 3.39. The topological polar surface area (TPSA) is 104 Å². The zero-order valence-electron chi connectivity index (χ0n) is 17.5. The fourth-order valence-electron chi connectivity index (χ4n) is 2.85. The van der Waals surface area contributed by atoms with Gasteiger partial charge in [0.1, 0.15) is 17.1 Å². The predicted molar refractivity (Wildman–Crippen MR) is 114 cm³/mol. The predicted octanol–water partition coefficient (Wildman–Crippen LogP) is 3.27. The highest BCUT2D eigenvalue weighted by Crippen LogP contribution is 2.39. The van der Waals surface area contributed by atoms with E-state index in [-0.39, 0.29) is 6.09 Å². The molecule has 2 aromatic rings. The SMILES string of the molecule is CC(C)(C)OC(=O)NCCCNCCNc1cccc(-c2ncc(C3CC3)[nH]2)n1. The zero-order chi connectivity index (χ0) is 20.7. The van der Waals surface area contributed by atoms with Crippen LogP contribution in [0.1, 0.15) is 51.6 Å². The van der Waals surface area contributed by atoms with Crippen molar-refractivity contribution in [3.63, 3.8) is 0 Å². The zero-order valence-corrected chi connectivity index (χ0v) is 17.5. The van der Waals surface area contributed by atoms with Crippen molar-refractivity contribution in [3.05, 3.63) is 30.1 Å². The Morgan fingerprint density at radius 1 is 1.21 bits per heavy atom. The lowest BCUT2D eigenvalue weighted by atomic mass is 10.2. The number of aromatic nitrogens is 3. The van der Waals surface area contributed by atoms with Crippen LogP contribution in [-0.2, 0) is 4.74 Å².